The second-order valence-electron chi connectivity index (χ2n) is 4.75. The lowest BCUT2D eigenvalue weighted by molar-refractivity contribution is -0.133. The number of Topliss-reactive ketones (excluding diaryl/α,β-unsaturated/α-hetero) is 1. The number of nitrogens with zero attached hydrogens (tertiary/aromatic N) is 1. The molecule has 6 heteroatoms. The Hall–Kier alpha value is -0.580. The SMILES string of the molecule is CN(C(=O)CCC(=O)c1cc(Cl)sc1Cl)C1CCC1. The maximum atomic E-state index is 12.0. The molecule has 0 saturated heterocycles. The predicted octanol–water partition coefficient (Wildman–Crippen LogP) is 4.03. The summed E-state index contributed by atoms with van der Waals surface area (Å²) in [6.07, 6.45) is 3.74. The first kappa shape index (κ1) is 14.8. The minimum absolute atomic E-state index is 0.0236. The van der Waals surface area contributed by atoms with Crippen molar-refractivity contribution in [2.45, 2.75) is 38.1 Å². The summed E-state index contributed by atoms with van der Waals surface area (Å²) in [5, 5.41) is 0. The number of halogens is 2. The van der Waals surface area contributed by atoms with Gasteiger partial charge >= 0.3 is 0 Å². The van der Waals surface area contributed by atoms with Crippen molar-refractivity contribution in [3.63, 3.8) is 0 Å². The number of carbonyl (C=O) groups is 2. The molecule has 0 N–H and O–H groups in total. The zero-order valence-corrected chi connectivity index (χ0v) is 12.9. The quantitative estimate of drug-likeness (QED) is 0.768. The van der Waals surface area contributed by atoms with Gasteiger partial charge in [-0.25, -0.2) is 0 Å². The molecule has 1 fully saturated rings. The summed E-state index contributed by atoms with van der Waals surface area (Å²) in [5.74, 6) is -0.0981. The minimum Gasteiger partial charge on any atom is -0.343 e. The monoisotopic (exact) mass is 319 g/mol. The van der Waals surface area contributed by atoms with E-state index in [2.05, 4.69) is 0 Å². The van der Waals surface area contributed by atoms with Crippen molar-refractivity contribution in [1.82, 2.24) is 4.90 Å². The van der Waals surface area contributed by atoms with Crippen LogP contribution in [0.1, 0.15) is 42.5 Å². The normalized spacial score (nSPS) is 15.1. The Morgan fingerprint density at radius 3 is 2.53 bits per heavy atom. The molecule has 0 atom stereocenters. The van der Waals surface area contributed by atoms with Crippen LogP contribution in [-0.4, -0.2) is 29.7 Å². The Kier molecular flexibility index (Phi) is 4.87. The third kappa shape index (κ3) is 3.50. The van der Waals surface area contributed by atoms with Gasteiger partial charge in [0.2, 0.25) is 5.91 Å². The van der Waals surface area contributed by atoms with Crippen molar-refractivity contribution in [3.8, 4) is 0 Å². The Morgan fingerprint density at radius 2 is 2.05 bits per heavy atom. The van der Waals surface area contributed by atoms with Crippen molar-refractivity contribution in [2.75, 3.05) is 7.05 Å². The molecule has 0 aromatic carbocycles. The largest absolute Gasteiger partial charge is 0.343 e. The zero-order valence-electron chi connectivity index (χ0n) is 10.6. The van der Waals surface area contributed by atoms with Gasteiger partial charge in [-0.2, -0.15) is 0 Å². The highest BCUT2D eigenvalue weighted by Gasteiger charge is 2.26. The van der Waals surface area contributed by atoms with Crippen LogP contribution < -0.4 is 0 Å². The standard InChI is InChI=1S/C13H15Cl2NO2S/c1-16(8-3-2-4-8)12(18)6-5-10(17)9-7-11(14)19-13(9)15/h7-8H,2-6H2,1H3. The van der Waals surface area contributed by atoms with Crippen LogP contribution in [0.4, 0.5) is 0 Å². The van der Waals surface area contributed by atoms with Gasteiger partial charge in [-0.1, -0.05) is 23.2 Å². The molecule has 0 radical (unpaired) electrons. The predicted molar refractivity (Wildman–Crippen MR) is 78.3 cm³/mol. The first-order valence-electron chi connectivity index (χ1n) is 6.22. The summed E-state index contributed by atoms with van der Waals surface area (Å²) in [7, 11) is 1.81. The Balaban J connectivity index is 1.86. The van der Waals surface area contributed by atoms with E-state index >= 15 is 0 Å². The number of thiophene rings is 1. The lowest BCUT2D eigenvalue weighted by Gasteiger charge is -2.34. The molecule has 3 nitrogen and oxygen atoms in total. The molecule has 0 aliphatic heterocycles. The van der Waals surface area contributed by atoms with Gasteiger partial charge in [0.1, 0.15) is 4.34 Å². The van der Waals surface area contributed by atoms with Crippen molar-refractivity contribution in [2.24, 2.45) is 0 Å². The smallest absolute Gasteiger partial charge is 0.223 e. The van der Waals surface area contributed by atoms with Crippen molar-refractivity contribution in [1.29, 1.82) is 0 Å². The molecule has 1 aromatic heterocycles. The molecule has 1 heterocycles. The highest BCUT2D eigenvalue weighted by Crippen LogP contribution is 2.32. The molecule has 104 valence electrons. The van der Waals surface area contributed by atoms with E-state index in [1.165, 1.54) is 17.8 Å². The van der Waals surface area contributed by atoms with Gasteiger partial charge in [0, 0.05) is 31.5 Å². The number of rotatable bonds is 5. The molecular weight excluding hydrogens is 305 g/mol. The van der Waals surface area contributed by atoms with E-state index in [4.69, 9.17) is 23.2 Å². The van der Waals surface area contributed by atoms with E-state index in [0.29, 0.717) is 20.3 Å². The van der Waals surface area contributed by atoms with Crippen LogP contribution in [0.2, 0.25) is 8.67 Å². The molecule has 0 bridgehead atoms. The fourth-order valence-electron chi connectivity index (χ4n) is 2.04. The van der Waals surface area contributed by atoms with Gasteiger partial charge in [-0.15, -0.1) is 11.3 Å². The van der Waals surface area contributed by atoms with Crippen LogP contribution in [0.15, 0.2) is 6.07 Å². The Bertz CT molecular complexity index is 497. The van der Waals surface area contributed by atoms with Crippen molar-refractivity contribution < 1.29 is 9.59 Å². The molecule has 1 aliphatic carbocycles. The maximum Gasteiger partial charge on any atom is 0.223 e. The van der Waals surface area contributed by atoms with Crippen molar-refractivity contribution in [3.05, 3.63) is 20.3 Å². The summed E-state index contributed by atoms with van der Waals surface area (Å²) < 4.78 is 0.890. The molecule has 19 heavy (non-hydrogen) atoms. The number of amides is 1. The highest BCUT2D eigenvalue weighted by molar-refractivity contribution is 7.20. The fourth-order valence-corrected chi connectivity index (χ4v) is 3.54. The van der Waals surface area contributed by atoms with Crippen LogP contribution in [0.5, 0.6) is 0 Å². The molecule has 1 aliphatic rings. The number of hydrogen-bond donors (Lipinski definition) is 0. The highest BCUT2D eigenvalue weighted by atomic mass is 35.5. The molecule has 1 saturated carbocycles. The molecule has 0 spiro atoms. The van der Waals surface area contributed by atoms with Crippen LogP contribution in [0.25, 0.3) is 0 Å². The second kappa shape index (κ2) is 6.25. The van der Waals surface area contributed by atoms with E-state index < -0.39 is 0 Å². The van der Waals surface area contributed by atoms with Gasteiger partial charge in [0.15, 0.2) is 5.78 Å². The lowest BCUT2D eigenvalue weighted by atomic mass is 9.91. The van der Waals surface area contributed by atoms with Crippen LogP contribution in [-0.2, 0) is 4.79 Å². The Labute approximate surface area is 126 Å². The summed E-state index contributed by atoms with van der Waals surface area (Å²) >= 11 is 12.9. The van der Waals surface area contributed by atoms with E-state index in [-0.39, 0.29) is 24.5 Å². The van der Waals surface area contributed by atoms with Gasteiger partial charge in [-0.3, -0.25) is 9.59 Å². The average Bonchev–Trinajstić information content (AvgIpc) is 2.62. The van der Waals surface area contributed by atoms with Crippen molar-refractivity contribution >= 4 is 46.2 Å². The number of carbonyl (C=O) groups excluding carboxylic acids is 2. The zero-order chi connectivity index (χ0) is 14.0. The van der Waals surface area contributed by atoms with Crippen LogP contribution in [0, 0.1) is 0 Å². The summed E-state index contributed by atoms with van der Waals surface area (Å²) in [6.45, 7) is 0. The average molecular weight is 320 g/mol. The van der Waals surface area contributed by atoms with Gasteiger partial charge in [0.05, 0.1) is 4.34 Å². The van der Waals surface area contributed by atoms with Crippen LogP contribution in [0.3, 0.4) is 0 Å². The fraction of sp³-hybridized carbons (Fsp3) is 0.538. The first-order valence-corrected chi connectivity index (χ1v) is 7.80. The maximum absolute atomic E-state index is 12.0. The first-order chi connectivity index (χ1) is 8.99. The molecule has 1 aromatic rings. The van der Waals surface area contributed by atoms with Gasteiger partial charge in [0.25, 0.3) is 0 Å². The summed E-state index contributed by atoms with van der Waals surface area (Å²) in [5.41, 5.74) is 0.427. The molecular formula is C13H15Cl2NO2S. The summed E-state index contributed by atoms with van der Waals surface area (Å²) in [4.78, 5) is 25.6. The van der Waals surface area contributed by atoms with E-state index in [1.807, 2.05) is 7.05 Å². The molecule has 2 rings (SSSR count). The minimum atomic E-state index is -0.122. The van der Waals surface area contributed by atoms with E-state index in [9.17, 15) is 9.59 Å². The third-order valence-electron chi connectivity index (χ3n) is 3.54. The summed E-state index contributed by atoms with van der Waals surface area (Å²) in [6, 6.07) is 1.93. The number of ketones is 1. The Morgan fingerprint density at radius 1 is 1.37 bits per heavy atom. The number of hydrogen-bond acceptors (Lipinski definition) is 3. The van der Waals surface area contributed by atoms with Gasteiger partial charge < -0.3 is 4.90 Å². The topological polar surface area (TPSA) is 37.4 Å². The molecule has 1 amide bonds. The second-order valence-corrected chi connectivity index (χ2v) is 7.04. The lowest BCUT2D eigenvalue weighted by Crippen LogP contribution is -2.41. The van der Waals surface area contributed by atoms with Gasteiger partial charge in [-0.05, 0) is 25.3 Å². The van der Waals surface area contributed by atoms with E-state index in [0.717, 1.165) is 12.8 Å². The van der Waals surface area contributed by atoms with E-state index in [1.54, 1.807) is 11.0 Å². The molecule has 0 unspecified atom stereocenters. The van der Waals surface area contributed by atoms with Crippen LogP contribution >= 0.6 is 34.5 Å². The third-order valence-corrected chi connectivity index (χ3v) is 5.03.